The van der Waals surface area contributed by atoms with E-state index in [-0.39, 0.29) is 24.2 Å². The molecule has 3 N–H and O–H groups in total. The van der Waals surface area contributed by atoms with Gasteiger partial charge in [-0.25, -0.2) is 4.98 Å². The van der Waals surface area contributed by atoms with Crippen molar-refractivity contribution in [2.75, 3.05) is 11.1 Å². The highest BCUT2D eigenvalue weighted by atomic mass is 79.9. The van der Waals surface area contributed by atoms with E-state index in [1.165, 1.54) is 0 Å². The Kier molecular flexibility index (Phi) is 7.35. The van der Waals surface area contributed by atoms with E-state index < -0.39 is 0 Å². The number of benzene rings is 1. The Balaban J connectivity index is 0.00000242. The van der Waals surface area contributed by atoms with Gasteiger partial charge in [-0.1, -0.05) is 41.1 Å². The quantitative estimate of drug-likeness (QED) is 0.817. The van der Waals surface area contributed by atoms with Gasteiger partial charge in [0.2, 0.25) is 5.91 Å². The third-order valence-electron chi connectivity index (χ3n) is 3.34. The van der Waals surface area contributed by atoms with Gasteiger partial charge in [0.1, 0.15) is 5.82 Å². The molecule has 22 heavy (non-hydrogen) atoms. The highest BCUT2D eigenvalue weighted by Gasteiger charge is 2.18. The number of pyridine rings is 1. The molecule has 0 fully saturated rings. The Hall–Kier alpha value is -1.59. The van der Waals surface area contributed by atoms with Crippen LogP contribution in [0, 0.1) is 5.92 Å². The molecule has 1 amide bonds. The van der Waals surface area contributed by atoms with Gasteiger partial charge in [-0.2, -0.15) is 0 Å². The van der Waals surface area contributed by atoms with Crippen LogP contribution in [-0.2, 0) is 11.2 Å². The molecule has 0 aliphatic rings. The van der Waals surface area contributed by atoms with Crippen LogP contribution in [0.4, 0.5) is 11.5 Å². The second kappa shape index (κ2) is 8.76. The Morgan fingerprint density at radius 2 is 2.05 bits per heavy atom. The van der Waals surface area contributed by atoms with Crippen molar-refractivity contribution in [3.8, 4) is 0 Å². The number of halogens is 2. The molecular formula is C16H19BrClN3O. The van der Waals surface area contributed by atoms with Crippen molar-refractivity contribution in [2.24, 2.45) is 5.92 Å². The average Bonchev–Trinajstić information content (AvgIpc) is 2.48. The molecule has 1 atom stereocenters. The minimum atomic E-state index is -0.0822. The van der Waals surface area contributed by atoms with E-state index in [2.05, 4.69) is 26.2 Å². The molecule has 0 aliphatic heterocycles. The number of rotatable bonds is 5. The van der Waals surface area contributed by atoms with Crippen LogP contribution in [-0.4, -0.2) is 10.9 Å². The van der Waals surface area contributed by atoms with E-state index in [0.29, 0.717) is 17.9 Å². The normalized spacial score (nSPS) is 11.4. The first-order valence-corrected chi connectivity index (χ1v) is 7.65. The maximum absolute atomic E-state index is 12.4. The van der Waals surface area contributed by atoms with E-state index in [1.807, 2.05) is 31.2 Å². The Labute approximate surface area is 145 Å². The van der Waals surface area contributed by atoms with Crippen LogP contribution in [0.1, 0.15) is 18.9 Å². The molecule has 0 spiro atoms. The monoisotopic (exact) mass is 383 g/mol. The number of nitrogens with zero attached hydrogens (tertiary/aromatic N) is 1. The molecule has 1 aromatic heterocycles. The second-order valence-corrected chi connectivity index (χ2v) is 5.72. The second-order valence-electron chi connectivity index (χ2n) is 4.86. The van der Waals surface area contributed by atoms with Crippen LogP contribution in [0.25, 0.3) is 0 Å². The zero-order valence-corrected chi connectivity index (χ0v) is 14.7. The molecule has 1 unspecified atom stereocenters. The lowest BCUT2D eigenvalue weighted by atomic mass is 9.96. The summed E-state index contributed by atoms with van der Waals surface area (Å²) in [5.74, 6) is 0.356. The summed E-state index contributed by atoms with van der Waals surface area (Å²) in [5.41, 5.74) is 7.33. The van der Waals surface area contributed by atoms with Crippen molar-refractivity contribution < 1.29 is 4.79 Å². The van der Waals surface area contributed by atoms with Crippen LogP contribution < -0.4 is 11.1 Å². The third-order valence-corrected chi connectivity index (χ3v) is 4.12. The third kappa shape index (κ3) is 5.00. The molecule has 1 aromatic carbocycles. The van der Waals surface area contributed by atoms with Gasteiger partial charge in [-0.05, 0) is 36.6 Å². The molecule has 0 radical (unpaired) electrons. The van der Waals surface area contributed by atoms with Crippen LogP contribution in [0.5, 0.6) is 0 Å². The number of nitrogen functional groups attached to an aromatic ring is 1. The van der Waals surface area contributed by atoms with Gasteiger partial charge >= 0.3 is 0 Å². The molecule has 0 saturated heterocycles. The topological polar surface area (TPSA) is 68.0 Å². The summed E-state index contributed by atoms with van der Waals surface area (Å²) in [5, 5.41) is 2.89. The maximum Gasteiger partial charge on any atom is 0.227 e. The lowest BCUT2D eigenvalue weighted by Gasteiger charge is -2.16. The summed E-state index contributed by atoms with van der Waals surface area (Å²) in [4.78, 5) is 16.3. The van der Waals surface area contributed by atoms with Gasteiger partial charge in [0.15, 0.2) is 0 Å². The van der Waals surface area contributed by atoms with Crippen LogP contribution in [0.15, 0.2) is 47.1 Å². The van der Waals surface area contributed by atoms with Gasteiger partial charge in [-0.3, -0.25) is 4.79 Å². The van der Waals surface area contributed by atoms with Crippen molar-refractivity contribution in [2.45, 2.75) is 19.8 Å². The van der Waals surface area contributed by atoms with Gasteiger partial charge < -0.3 is 11.1 Å². The number of nitrogens with two attached hydrogens (primary N) is 1. The van der Waals surface area contributed by atoms with Crippen molar-refractivity contribution in [1.29, 1.82) is 0 Å². The fourth-order valence-corrected chi connectivity index (χ4v) is 2.52. The number of anilines is 2. The molecule has 2 rings (SSSR count). The predicted octanol–water partition coefficient (Wildman–Crippen LogP) is 4.06. The lowest BCUT2D eigenvalue weighted by molar-refractivity contribution is -0.119. The fourth-order valence-electron chi connectivity index (χ4n) is 2.08. The van der Waals surface area contributed by atoms with E-state index in [1.54, 1.807) is 18.3 Å². The first-order chi connectivity index (χ1) is 10.1. The van der Waals surface area contributed by atoms with E-state index in [0.717, 1.165) is 16.5 Å². The van der Waals surface area contributed by atoms with Crippen molar-refractivity contribution in [3.05, 3.63) is 52.6 Å². The first-order valence-electron chi connectivity index (χ1n) is 6.86. The average molecular weight is 385 g/mol. The molecule has 2 aromatic rings. The van der Waals surface area contributed by atoms with E-state index in [4.69, 9.17) is 5.73 Å². The summed E-state index contributed by atoms with van der Waals surface area (Å²) in [6.07, 6.45) is 3.04. The summed E-state index contributed by atoms with van der Waals surface area (Å²) < 4.78 is 1.03. The minimum Gasteiger partial charge on any atom is -0.384 e. The SMILES string of the molecule is CCC(Cc1ccccc1Br)C(=O)Nc1ccc(N)nc1.Cl. The van der Waals surface area contributed by atoms with E-state index >= 15 is 0 Å². The number of carbonyl (C=O) groups excluding carboxylic acids is 1. The summed E-state index contributed by atoms with van der Waals surface area (Å²) in [6.45, 7) is 2.02. The molecular weight excluding hydrogens is 366 g/mol. The molecule has 118 valence electrons. The number of aromatic nitrogens is 1. The van der Waals surface area contributed by atoms with Gasteiger partial charge in [-0.15, -0.1) is 12.4 Å². The van der Waals surface area contributed by atoms with Gasteiger partial charge in [0.25, 0.3) is 0 Å². The number of nitrogens with one attached hydrogen (secondary N) is 1. The smallest absolute Gasteiger partial charge is 0.227 e. The zero-order valence-electron chi connectivity index (χ0n) is 12.3. The van der Waals surface area contributed by atoms with Gasteiger partial charge in [0.05, 0.1) is 11.9 Å². The fraction of sp³-hybridized carbons (Fsp3) is 0.250. The highest BCUT2D eigenvalue weighted by Crippen LogP contribution is 2.22. The first kappa shape index (κ1) is 18.5. The molecule has 1 heterocycles. The number of carbonyl (C=O) groups is 1. The van der Waals surface area contributed by atoms with Gasteiger partial charge in [0, 0.05) is 10.4 Å². The highest BCUT2D eigenvalue weighted by molar-refractivity contribution is 9.10. The number of amides is 1. The molecule has 0 bridgehead atoms. The Bertz CT molecular complexity index is 619. The molecule has 6 heteroatoms. The van der Waals surface area contributed by atoms with Crippen molar-refractivity contribution in [3.63, 3.8) is 0 Å². The summed E-state index contributed by atoms with van der Waals surface area (Å²) in [6, 6.07) is 11.4. The zero-order chi connectivity index (χ0) is 15.2. The van der Waals surface area contributed by atoms with E-state index in [9.17, 15) is 4.79 Å². The summed E-state index contributed by atoms with van der Waals surface area (Å²) in [7, 11) is 0. The largest absolute Gasteiger partial charge is 0.384 e. The Morgan fingerprint density at radius 3 is 2.64 bits per heavy atom. The number of hydrogen-bond acceptors (Lipinski definition) is 3. The molecule has 4 nitrogen and oxygen atoms in total. The van der Waals surface area contributed by atoms with Crippen molar-refractivity contribution in [1.82, 2.24) is 4.98 Å². The predicted molar refractivity (Wildman–Crippen MR) is 96.2 cm³/mol. The lowest BCUT2D eigenvalue weighted by Crippen LogP contribution is -2.24. The van der Waals surface area contributed by atoms with Crippen molar-refractivity contribution >= 4 is 45.7 Å². The van der Waals surface area contributed by atoms with Crippen LogP contribution in [0.3, 0.4) is 0 Å². The Morgan fingerprint density at radius 1 is 1.32 bits per heavy atom. The van der Waals surface area contributed by atoms with Crippen LogP contribution >= 0.6 is 28.3 Å². The standard InChI is InChI=1S/C16H18BrN3O.ClH/c1-2-11(9-12-5-3-4-6-14(12)17)16(21)20-13-7-8-15(18)19-10-13;/h3-8,10-11H,2,9H2,1H3,(H2,18,19)(H,20,21);1H. The van der Waals surface area contributed by atoms with Crippen LogP contribution in [0.2, 0.25) is 0 Å². The number of hydrogen-bond donors (Lipinski definition) is 2. The molecule has 0 aliphatic carbocycles. The minimum absolute atomic E-state index is 0. The molecule has 0 saturated carbocycles. The maximum atomic E-state index is 12.4. The summed E-state index contributed by atoms with van der Waals surface area (Å²) >= 11 is 3.52.